The van der Waals surface area contributed by atoms with E-state index in [1.54, 1.807) is 23.8 Å². The highest BCUT2D eigenvalue weighted by Crippen LogP contribution is 2.35. The Morgan fingerprint density at radius 1 is 1.07 bits per heavy atom. The van der Waals surface area contributed by atoms with Crippen LogP contribution in [0.4, 0.5) is 0 Å². The Kier molecular flexibility index (Phi) is 6.06. The fourth-order valence-electron chi connectivity index (χ4n) is 4.42. The molecule has 2 saturated heterocycles. The van der Waals surface area contributed by atoms with E-state index in [-0.39, 0.29) is 11.8 Å². The van der Waals surface area contributed by atoms with E-state index in [2.05, 4.69) is 4.98 Å². The summed E-state index contributed by atoms with van der Waals surface area (Å²) in [6, 6.07) is 11.2. The van der Waals surface area contributed by atoms with Crippen molar-refractivity contribution in [2.75, 3.05) is 26.7 Å². The van der Waals surface area contributed by atoms with Crippen LogP contribution in [0.2, 0.25) is 0 Å². The lowest BCUT2D eigenvalue weighted by Crippen LogP contribution is -2.35. The van der Waals surface area contributed by atoms with E-state index in [0.717, 1.165) is 16.9 Å². The SMILES string of the molecule is COc1ccc(CC(=O)N2CC[C@@H]3CN(Cc4ccncc4)S(=O)(=O)[C@@H]3CC2)cc1. The number of aromatic nitrogens is 1. The van der Waals surface area contributed by atoms with Crippen molar-refractivity contribution >= 4 is 15.9 Å². The van der Waals surface area contributed by atoms with Crippen molar-refractivity contribution in [2.45, 2.75) is 31.1 Å². The lowest BCUT2D eigenvalue weighted by molar-refractivity contribution is -0.130. The largest absolute Gasteiger partial charge is 0.497 e. The molecule has 2 atom stereocenters. The van der Waals surface area contributed by atoms with Gasteiger partial charge in [-0.1, -0.05) is 12.1 Å². The van der Waals surface area contributed by atoms with Gasteiger partial charge in [0.1, 0.15) is 5.75 Å². The maximum absolute atomic E-state index is 13.1. The zero-order valence-corrected chi connectivity index (χ0v) is 17.9. The second kappa shape index (κ2) is 8.73. The van der Waals surface area contributed by atoms with E-state index >= 15 is 0 Å². The molecule has 2 aromatic rings. The van der Waals surface area contributed by atoms with E-state index in [1.165, 1.54) is 0 Å². The van der Waals surface area contributed by atoms with Crippen LogP contribution in [-0.4, -0.2) is 60.5 Å². The van der Waals surface area contributed by atoms with Crippen LogP contribution in [0.15, 0.2) is 48.8 Å². The van der Waals surface area contributed by atoms with Gasteiger partial charge in [0.15, 0.2) is 0 Å². The van der Waals surface area contributed by atoms with Crippen LogP contribution in [0.25, 0.3) is 0 Å². The van der Waals surface area contributed by atoms with Crippen LogP contribution in [0.1, 0.15) is 24.0 Å². The molecule has 0 bridgehead atoms. The second-order valence-corrected chi connectivity index (χ2v) is 10.1. The molecular formula is C22H27N3O4S. The van der Waals surface area contributed by atoms with Gasteiger partial charge in [-0.15, -0.1) is 0 Å². The molecule has 0 unspecified atom stereocenters. The first-order chi connectivity index (χ1) is 14.5. The Hall–Kier alpha value is -2.45. The molecule has 0 N–H and O–H groups in total. The molecule has 3 heterocycles. The number of benzene rings is 1. The number of nitrogens with zero attached hydrogens (tertiary/aromatic N) is 3. The number of hydrogen-bond acceptors (Lipinski definition) is 5. The van der Waals surface area contributed by atoms with Gasteiger partial charge in [0.25, 0.3) is 0 Å². The summed E-state index contributed by atoms with van der Waals surface area (Å²) in [7, 11) is -1.75. The zero-order valence-electron chi connectivity index (χ0n) is 17.1. The molecule has 1 aromatic heterocycles. The van der Waals surface area contributed by atoms with E-state index < -0.39 is 15.3 Å². The lowest BCUT2D eigenvalue weighted by atomic mass is 10.0. The normalized spacial score (nSPS) is 23.6. The number of hydrogen-bond donors (Lipinski definition) is 0. The summed E-state index contributed by atoms with van der Waals surface area (Å²) in [6.45, 7) is 2.00. The third kappa shape index (κ3) is 4.34. The van der Waals surface area contributed by atoms with Crippen molar-refractivity contribution in [1.82, 2.24) is 14.2 Å². The van der Waals surface area contributed by atoms with E-state index in [0.29, 0.717) is 45.4 Å². The molecule has 0 saturated carbocycles. The topological polar surface area (TPSA) is 79.8 Å². The fourth-order valence-corrected chi connectivity index (χ4v) is 6.64. The molecule has 1 aromatic carbocycles. The molecule has 0 spiro atoms. The summed E-state index contributed by atoms with van der Waals surface area (Å²) in [4.78, 5) is 18.6. The summed E-state index contributed by atoms with van der Waals surface area (Å²) < 4.78 is 33.0. The van der Waals surface area contributed by atoms with Gasteiger partial charge in [-0.25, -0.2) is 8.42 Å². The monoisotopic (exact) mass is 429 g/mol. The minimum atomic E-state index is -3.36. The van der Waals surface area contributed by atoms with Crippen LogP contribution < -0.4 is 4.74 Å². The summed E-state index contributed by atoms with van der Waals surface area (Å²) in [5.41, 5.74) is 1.88. The molecule has 0 radical (unpaired) electrons. The Morgan fingerprint density at radius 3 is 2.47 bits per heavy atom. The van der Waals surface area contributed by atoms with Gasteiger partial charge >= 0.3 is 0 Å². The molecule has 2 aliphatic rings. The maximum Gasteiger partial charge on any atom is 0.226 e. The average molecular weight is 430 g/mol. The van der Waals surface area contributed by atoms with Gasteiger partial charge in [-0.05, 0) is 54.2 Å². The Bertz CT molecular complexity index is 979. The van der Waals surface area contributed by atoms with Gasteiger partial charge in [-0.2, -0.15) is 4.31 Å². The number of methoxy groups -OCH3 is 1. The van der Waals surface area contributed by atoms with E-state index in [1.807, 2.05) is 41.3 Å². The van der Waals surface area contributed by atoms with Crippen LogP contribution >= 0.6 is 0 Å². The minimum Gasteiger partial charge on any atom is -0.497 e. The number of likely N-dealkylation sites (tertiary alicyclic amines) is 1. The number of rotatable bonds is 5. The van der Waals surface area contributed by atoms with Gasteiger partial charge < -0.3 is 9.64 Å². The molecule has 8 heteroatoms. The van der Waals surface area contributed by atoms with Crippen LogP contribution in [0.5, 0.6) is 5.75 Å². The van der Waals surface area contributed by atoms with Crippen molar-refractivity contribution < 1.29 is 17.9 Å². The van der Waals surface area contributed by atoms with Gasteiger partial charge in [0.05, 0.1) is 18.8 Å². The maximum atomic E-state index is 13.1. The second-order valence-electron chi connectivity index (χ2n) is 7.97. The Labute approximate surface area is 177 Å². The molecule has 2 aliphatic heterocycles. The molecule has 4 rings (SSSR count). The molecule has 7 nitrogen and oxygen atoms in total. The molecule has 0 aliphatic carbocycles. The average Bonchev–Trinajstić information content (AvgIpc) is 2.89. The lowest BCUT2D eigenvalue weighted by Gasteiger charge is -2.22. The fraction of sp³-hybridized carbons (Fsp3) is 0.455. The van der Waals surface area contributed by atoms with E-state index in [4.69, 9.17) is 4.74 Å². The Morgan fingerprint density at radius 2 is 1.77 bits per heavy atom. The first kappa shape index (κ1) is 20.8. The third-order valence-corrected chi connectivity index (χ3v) is 8.52. The van der Waals surface area contributed by atoms with Gasteiger partial charge in [-0.3, -0.25) is 9.78 Å². The van der Waals surface area contributed by atoms with Crippen LogP contribution in [0, 0.1) is 5.92 Å². The molecule has 160 valence electrons. The summed E-state index contributed by atoms with van der Waals surface area (Å²) in [5.74, 6) is 0.872. The summed E-state index contributed by atoms with van der Waals surface area (Å²) in [6.07, 6.45) is 4.89. The number of fused-ring (bicyclic) bond motifs is 1. The highest BCUT2D eigenvalue weighted by Gasteiger charge is 2.47. The number of carbonyl (C=O) groups is 1. The standard InChI is InChI=1S/C22H27N3O4S/c1-29-20-4-2-17(3-5-20)14-22(26)24-12-8-19-16-25(15-18-6-10-23-11-7-18)30(27,28)21(19)9-13-24/h2-7,10-11,19,21H,8-9,12-16H2,1H3/t19-,21-/m1/s1. The van der Waals surface area contributed by atoms with Crippen molar-refractivity contribution in [2.24, 2.45) is 5.92 Å². The van der Waals surface area contributed by atoms with Crippen molar-refractivity contribution in [3.63, 3.8) is 0 Å². The minimum absolute atomic E-state index is 0.0474. The highest BCUT2D eigenvalue weighted by atomic mass is 32.2. The number of pyridine rings is 1. The smallest absolute Gasteiger partial charge is 0.226 e. The summed E-state index contributed by atoms with van der Waals surface area (Å²) in [5, 5.41) is -0.405. The molecule has 30 heavy (non-hydrogen) atoms. The highest BCUT2D eigenvalue weighted by molar-refractivity contribution is 7.90. The van der Waals surface area contributed by atoms with E-state index in [9.17, 15) is 13.2 Å². The predicted octanol–water partition coefficient (Wildman–Crippen LogP) is 2.09. The van der Waals surface area contributed by atoms with Crippen molar-refractivity contribution in [3.05, 3.63) is 59.9 Å². The third-order valence-electron chi connectivity index (χ3n) is 6.14. The summed E-state index contributed by atoms with van der Waals surface area (Å²) >= 11 is 0. The van der Waals surface area contributed by atoms with Crippen LogP contribution in [-0.2, 0) is 27.8 Å². The first-order valence-corrected chi connectivity index (χ1v) is 11.8. The molecular weight excluding hydrogens is 402 g/mol. The molecule has 1 amide bonds. The molecule has 2 fully saturated rings. The van der Waals surface area contributed by atoms with Crippen LogP contribution in [0.3, 0.4) is 0 Å². The van der Waals surface area contributed by atoms with Crippen molar-refractivity contribution in [1.29, 1.82) is 0 Å². The van der Waals surface area contributed by atoms with Gasteiger partial charge in [0, 0.05) is 38.6 Å². The Balaban J connectivity index is 1.38. The van der Waals surface area contributed by atoms with Gasteiger partial charge in [0.2, 0.25) is 15.9 Å². The zero-order chi connectivity index (χ0) is 21.1. The number of carbonyl (C=O) groups excluding carboxylic acids is 1. The van der Waals surface area contributed by atoms with Crippen molar-refractivity contribution in [3.8, 4) is 5.75 Å². The number of amides is 1. The quantitative estimate of drug-likeness (QED) is 0.727. The number of sulfonamides is 1. The first-order valence-electron chi connectivity index (χ1n) is 10.3. The number of ether oxygens (including phenoxy) is 1. The predicted molar refractivity (Wildman–Crippen MR) is 113 cm³/mol.